The van der Waals surface area contributed by atoms with Gasteiger partial charge in [0.1, 0.15) is 5.75 Å². The van der Waals surface area contributed by atoms with Crippen molar-refractivity contribution in [2.24, 2.45) is 0 Å². The summed E-state index contributed by atoms with van der Waals surface area (Å²) in [6.07, 6.45) is 0.970. The molecule has 0 spiro atoms. The van der Waals surface area contributed by atoms with Gasteiger partial charge in [-0.2, -0.15) is 5.23 Å². The quantitative estimate of drug-likeness (QED) is 0.825. The van der Waals surface area contributed by atoms with Gasteiger partial charge >= 0.3 is 0 Å². The van der Waals surface area contributed by atoms with Gasteiger partial charge in [0.25, 0.3) is 0 Å². The topological polar surface area (TPSA) is 75.4 Å². The molecule has 0 radical (unpaired) electrons. The van der Waals surface area contributed by atoms with Gasteiger partial charge in [0.05, 0.1) is 0 Å². The van der Waals surface area contributed by atoms with Crippen LogP contribution in [0.5, 0.6) is 17.2 Å². The number of nitrogens with one attached hydrogen (secondary N) is 1. The van der Waals surface area contributed by atoms with Crippen LogP contribution >= 0.6 is 0 Å². The van der Waals surface area contributed by atoms with Gasteiger partial charge in [0.2, 0.25) is 12.9 Å². The monoisotopic (exact) mass is 299 g/mol. The van der Waals surface area contributed by atoms with Crippen LogP contribution in [-0.4, -0.2) is 12.0 Å². The molecule has 0 aliphatic carbocycles. The molecular formula is C16H13NO5. The van der Waals surface area contributed by atoms with Crippen molar-refractivity contribution in [2.75, 3.05) is 6.79 Å². The molecule has 0 saturated carbocycles. The average molecular weight is 299 g/mol. The molecule has 4 rings (SSSR count). The fourth-order valence-corrected chi connectivity index (χ4v) is 2.64. The summed E-state index contributed by atoms with van der Waals surface area (Å²) in [6, 6.07) is 12.7. The summed E-state index contributed by atoms with van der Waals surface area (Å²) in [6.45, 7) is 0.175. The van der Waals surface area contributed by atoms with Crippen LogP contribution in [0.2, 0.25) is 0 Å². The summed E-state index contributed by atoms with van der Waals surface area (Å²) in [5.41, 5.74) is 1.67. The Morgan fingerprint density at radius 3 is 2.73 bits per heavy atom. The molecule has 6 heteroatoms. The Kier molecular flexibility index (Phi) is 3.00. The minimum Gasteiger partial charge on any atom is -0.595 e. The Morgan fingerprint density at radius 2 is 1.86 bits per heavy atom. The van der Waals surface area contributed by atoms with Gasteiger partial charge in [-0.25, -0.2) is 5.21 Å². The van der Waals surface area contributed by atoms with Crippen LogP contribution in [0.1, 0.15) is 17.2 Å². The third kappa shape index (κ3) is 2.10. The summed E-state index contributed by atoms with van der Waals surface area (Å²) in [5.74, 6) is 1.92. The molecule has 2 aromatic carbocycles. The number of rotatable bonds is 2. The maximum atomic E-state index is 11.6. The molecule has 1 unspecified atom stereocenters. The fraction of sp³-hybridized carbons (Fsp3) is 0.125. The Balaban J connectivity index is 1.78. The van der Waals surface area contributed by atoms with E-state index < -0.39 is 11.3 Å². The van der Waals surface area contributed by atoms with Crippen molar-refractivity contribution in [3.8, 4) is 17.2 Å². The number of para-hydroxylation sites is 1. The number of quaternary nitrogens is 1. The van der Waals surface area contributed by atoms with Crippen molar-refractivity contribution in [1.82, 2.24) is 0 Å². The zero-order chi connectivity index (χ0) is 15.1. The number of ether oxygens (including phenoxy) is 3. The summed E-state index contributed by atoms with van der Waals surface area (Å²) < 4.78 is 16.5. The first-order valence-corrected chi connectivity index (χ1v) is 6.82. The third-order valence-corrected chi connectivity index (χ3v) is 3.70. The second kappa shape index (κ2) is 5.03. The number of fused-ring (bicyclic) bond motifs is 2. The second-order valence-corrected chi connectivity index (χ2v) is 5.05. The van der Waals surface area contributed by atoms with Crippen LogP contribution in [-0.2, 0) is 0 Å². The molecule has 112 valence electrons. The number of hydrogen-bond donors (Lipinski definition) is 2. The Labute approximate surface area is 126 Å². The van der Waals surface area contributed by atoms with Gasteiger partial charge in [-0.05, 0) is 18.2 Å². The summed E-state index contributed by atoms with van der Waals surface area (Å²) in [5, 5.41) is 20.1. The molecule has 22 heavy (non-hydrogen) atoms. The number of hydroxylamine groups is 2. The SMILES string of the molecule is [O-][NH+](O)C1=Cc2ccccc2O[C@@H]1c1ccc2c(c1)OCO2. The van der Waals surface area contributed by atoms with E-state index in [0.717, 1.165) is 5.56 Å². The first-order valence-electron chi connectivity index (χ1n) is 6.82. The van der Waals surface area contributed by atoms with Gasteiger partial charge in [0, 0.05) is 17.2 Å². The van der Waals surface area contributed by atoms with Crippen molar-refractivity contribution >= 4 is 6.08 Å². The highest BCUT2D eigenvalue weighted by molar-refractivity contribution is 5.62. The lowest BCUT2D eigenvalue weighted by Gasteiger charge is -2.29. The van der Waals surface area contributed by atoms with E-state index in [-0.39, 0.29) is 12.5 Å². The van der Waals surface area contributed by atoms with Gasteiger partial charge in [0.15, 0.2) is 17.2 Å². The van der Waals surface area contributed by atoms with Gasteiger partial charge in [-0.1, -0.05) is 24.3 Å². The van der Waals surface area contributed by atoms with Gasteiger partial charge in [-0.15, -0.1) is 0 Å². The maximum absolute atomic E-state index is 11.6. The highest BCUT2D eigenvalue weighted by atomic mass is 16.8. The second-order valence-electron chi connectivity index (χ2n) is 5.05. The van der Waals surface area contributed by atoms with Crippen molar-refractivity contribution < 1.29 is 24.6 Å². The summed E-state index contributed by atoms with van der Waals surface area (Å²) in [7, 11) is 0. The third-order valence-electron chi connectivity index (χ3n) is 3.70. The summed E-state index contributed by atoms with van der Waals surface area (Å²) >= 11 is 0. The van der Waals surface area contributed by atoms with Gasteiger partial charge < -0.3 is 19.4 Å². The van der Waals surface area contributed by atoms with Crippen molar-refractivity contribution in [3.63, 3.8) is 0 Å². The molecule has 0 aromatic heterocycles. The minimum atomic E-state index is -1.00. The van der Waals surface area contributed by atoms with Crippen LogP contribution in [0.3, 0.4) is 0 Å². The molecule has 0 saturated heterocycles. The van der Waals surface area contributed by atoms with Crippen LogP contribution < -0.4 is 19.4 Å². The number of benzene rings is 2. The Morgan fingerprint density at radius 1 is 1.05 bits per heavy atom. The highest BCUT2D eigenvalue weighted by Gasteiger charge is 2.31. The summed E-state index contributed by atoms with van der Waals surface area (Å²) in [4.78, 5) is 0. The van der Waals surface area contributed by atoms with Crippen LogP contribution in [0.25, 0.3) is 6.08 Å². The van der Waals surface area contributed by atoms with Gasteiger partial charge in [-0.3, -0.25) is 0 Å². The molecule has 6 nitrogen and oxygen atoms in total. The van der Waals surface area contributed by atoms with E-state index in [1.54, 1.807) is 24.3 Å². The molecule has 2 N–H and O–H groups in total. The van der Waals surface area contributed by atoms with E-state index in [0.29, 0.717) is 22.8 Å². The molecule has 0 fully saturated rings. The minimum absolute atomic E-state index is 0.175. The molecule has 2 aliphatic heterocycles. The average Bonchev–Trinajstić information content (AvgIpc) is 3.01. The molecule has 2 aliphatic rings. The predicted octanol–water partition coefficient (Wildman–Crippen LogP) is 1.66. The van der Waals surface area contributed by atoms with E-state index in [2.05, 4.69) is 0 Å². The normalized spacial score (nSPS) is 19.9. The maximum Gasteiger partial charge on any atom is 0.231 e. The Hall–Kier alpha value is -2.54. The lowest BCUT2D eigenvalue weighted by atomic mass is 10.0. The molecule has 2 atom stereocenters. The standard InChI is InChI=1S/C16H13NO5/c18-17(19)12-7-10-3-1-2-4-13(10)22-16(12)11-5-6-14-15(8-11)21-9-20-14/h1-8,16-18H,9H2/t16-/m1/s1. The highest BCUT2D eigenvalue weighted by Crippen LogP contribution is 2.39. The molecule has 0 amide bonds. The van der Waals surface area contributed by atoms with Crippen LogP contribution in [0.15, 0.2) is 48.2 Å². The zero-order valence-corrected chi connectivity index (χ0v) is 11.5. The van der Waals surface area contributed by atoms with Crippen molar-refractivity contribution in [1.29, 1.82) is 0 Å². The molecule has 2 aromatic rings. The van der Waals surface area contributed by atoms with E-state index in [1.165, 1.54) is 0 Å². The number of hydrogen-bond acceptors (Lipinski definition) is 5. The molecular weight excluding hydrogens is 286 g/mol. The van der Waals surface area contributed by atoms with E-state index in [9.17, 15) is 10.4 Å². The van der Waals surface area contributed by atoms with E-state index in [4.69, 9.17) is 14.2 Å². The lowest BCUT2D eigenvalue weighted by molar-refractivity contribution is -1.02. The van der Waals surface area contributed by atoms with E-state index in [1.807, 2.05) is 24.3 Å². The molecule has 2 heterocycles. The van der Waals surface area contributed by atoms with E-state index >= 15 is 0 Å². The van der Waals surface area contributed by atoms with Crippen LogP contribution in [0.4, 0.5) is 0 Å². The van der Waals surface area contributed by atoms with Crippen LogP contribution in [0, 0.1) is 5.21 Å². The lowest BCUT2D eigenvalue weighted by Crippen LogP contribution is -3.03. The largest absolute Gasteiger partial charge is 0.595 e. The fourth-order valence-electron chi connectivity index (χ4n) is 2.64. The zero-order valence-electron chi connectivity index (χ0n) is 11.5. The van der Waals surface area contributed by atoms with Crippen molar-refractivity contribution in [3.05, 3.63) is 64.5 Å². The first-order chi connectivity index (χ1) is 10.7. The predicted molar refractivity (Wildman–Crippen MR) is 76.5 cm³/mol. The Bertz CT molecular complexity index is 756. The molecule has 0 bridgehead atoms. The first kappa shape index (κ1) is 13.1. The smallest absolute Gasteiger partial charge is 0.231 e. The van der Waals surface area contributed by atoms with Crippen molar-refractivity contribution in [2.45, 2.75) is 6.10 Å².